The van der Waals surface area contributed by atoms with Crippen molar-refractivity contribution >= 4 is 0 Å². The fourth-order valence-electron chi connectivity index (χ4n) is 1.84. The molecule has 0 spiro atoms. The second-order valence-electron chi connectivity index (χ2n) is 5.24. The second-order valence-corrected chi connectivity index (χ2v) is 5.24. The summed E-state index contributed by atoms with van der Waals surface area (Å²) < 4.78 is 0. The van der Waals surface area contributed by atoms with E-state index >= 15 is 0 Å². The van der Waals surface area contributed by atoms with Crippen molar-refractivity contribution in [1.29, 1.82) is 0 Å². The number of aromatic nitrogens is 1. The van der Waals surface area contributed by atoms with Crippen molar-refractivity contribution in [1.82, 2.24) is 10.3 Å². The van der Waals surface area contributed by atoms with E-state index in [1.165, 1.54) is 0 Å². The highest BCUT2D eigenvalue weighted by atomic mass is 16.2. The third-order valence-corrected chi connectivity index (χ3v) is 2.90. The minimum absolute atomic E-state index is 0.257. The number of hydrogen-bond acceptors (Lipinski definition) is 3. The van der Waals surface area contributed by atoms with Crippen molar-refractivity contribution in [2.24, 2.45) is 5.41 Å². The number of hydrogen-bond donors (Lipinski definition) is 2. The fourth-order valence-corrected chi connectivity index (χ4v) is 1.84. The molecule has 0 aliphatic carbocycles. The molecule has 1 rings (SSSR count). The van der Waals surface area contributed by atoms with Crippen LogP contribution in [0.5, 0.6) is 0 Å². The quantitative estimate of drug-likeness (QED) is 0.679. The van der Waals surface area contributed by atoms with Gasteiger partial charge in [0, 0.05) is 38.0 Å². The molecule has 0 atom stereocenters. The number of aliphatic hydroxyl groups is 1. The molecule has 3 heteroatoms. The van der Waals surface area contributed by atoms with E-state index in [1.807, 2.05) is 18.3 Å². The van der Waals surface area contributed by atoms with Crippen molar-refractivity contribution in [3.8, 4) is 0 Å². The minimum atomic E-state index is 0.257. The van der Waals surface area contributed by atoms with Crippen LogP contribution in [0, 0.1) is 5.41 Å². The first kappa shape index (κ1) is 14.1. The third kappa shape index (κ3) is 6.39. The van der Waals surface area contributed by atoms with E-state index in [-0.39, 0.29) is 12.0 Å². The van der Waals surface area contributed by atoms with Crippen molar-refractivity contribution in [2.45, 2.75) is 33.1 Å². The molecule has 0 amide bonds. The lowest BCUT2D eigenvalue weighted by molar-refractivity contribution is 0.237. The first-order chi connectivity index (χ1) is 8.14. The lowest BCUT2D eigenvalue weighted by Gasteiger charge is -2.24. The molecule has 17 heavy (non-hydrogen) atoms. The van der Waals surface area contributed by atoms with Crippen molar-refractivity contribution < 1.29 is 5.11 Å². The van der Waals surface area contributed by atoms with Gasteiger partial charge in [-0.2, -0.15) is 0 Å². The molecular formula is C14H24N2O. The summed E-state index contributed by atoms with van der Waals surface area (Å²) in [6, 6.07) is 6.01. The molecule has 1 heterocycles. The highest BCUT2D eigenvalue weighted by Crippen LogP contribution is 2.20. The summed E-state index contributed by atoms with van der Waals surface area (Å²) in [5, 5.41) is 12.3. The van der Waals surface area contributed by atoms with E-state index in [0.717, 1.165) is 38.0 Å². The number of aliphatic hydroxyl groups excluding tert-OH is 1. The minimum Gasteiger partial charge on any atom is -0.396 e. The first-order valence-electron chi connectivity index (χ1n) is 6.35. The van der Waals surface area contributed by atoms with Crippen LogP contribution in [0.15, 0.2) is 24.4 Å². The molecule has 0 aromatic carbocycles. The summed E-state index contributed by atoms with van der Waals surface area (Å²) in [6.07, 6.45) is 4.74. The van der Waals surface area contributed by atoms with Gasteiger partial charge in [0.1, 0.15) is 0 Å². The Hall–Kier alpha value is -0.930. The molecule has 1 aromatic rings. The van der Waals surface area contributed by atoms with Crippen LogP contribution in [0.2, 0.25) is 0 Å². The standard InChI is InChI=1S/C14H24N2O/c1-14(2,8-5-11-17)12-15-10-7-13-6-3-4-9-16-13/h3-4,6,9,15,17H,5,7-8,10-12H2,1-2H3. The normalized spacial score (nSPS) is 11.7. The molecule has 0 saturated heterocycles. The Labute approximate surface area is 104 Å². The number of pyridine rings is 1. The molecule has 0 bridgehead atoms. The van der Waals surface area contributed by atoms with Crippen LogP contribution in [-0.2, 0) is 6.42 Å². The Balaban J connectivity index is 2.15. The molecular weight excluding hydrogens is 212 g/mol. The summed E-state index contributed by atoms with van der Waals surface area (Å²) in [5.74, 6) is 0. The highest BCUT2D eigenvalue weighted by Gasteiger charge is 2.16. The van der Waals surface area contributed by atoms with E-state index < -0.39 is 0 Å². The van der Waals surface area contributed by atoms with Crippen LogP contribution in [0.1, 0.15) is 32.4 Å². The lowest BCUT2D eigenvalue weighted by atomic mass is 9.88. The highest BCUT2D eigenvalue weighted by molar-refractivity contribution is 5.03. The summed E-state index contributed by atoms with van der Waals surface area (Å²) in [7, 11) is 0. The zero-order valence-corrected chi connectivity index (χ0v) is 10.9. The summed E-state index contributed by atoms with van der Waals surface area (Å²) in [6.45, 7) is 6.70. The number of rotatable bonds is 8. The predicted molar refractivity (Wildman–Crippen MR) is 70.9 cm³/mol. The molecule has 0 aliphatic rings. The largest absolute Gasteiger partial charge is 0.396 e. The third-order valence-electron chi connectivity index (χ3n) is 2.90. The van der Waals surface area contributed by atoms with E-state index in [1.54, 1.807) is 0 Å². The molecule has 0 saturated carbocycles. The zero-order valence-electron chi connectivity index (χ0n) is 10.9. The van der Waals surface area contributed by atoms with Crippen molar-refractivity contribution in [3.63, 3.8) is 0 Å². The van der Waals surface area contributed by atoms with Gasteiger partial charge in [0.05, 0.1) is 0 Å². The van der Waals surface area contributed by atoms with Crippen LogP contribution in [-0.4, -0.2) is 29.8 Å². The Morgan fingerprint density at radius 2 is 2.18 bits per heavy atom. The maximum atomic E-state index is 8.82. The van der Waals surface area contributed by atoms with Gasteiger partial charge in [-0.25, -0.2) is 0 Å². The zero-order chi connectivity index (χ0) is 12.6. The number of nitrogens with one attached hydrogen (secondary N) is 1. The Kier molecular flexibility index (Phi) is 6.16. The van der Waals surface area contributed by atoms with Crippen LogP contribution >= 0.6 is 0 Å². The van der Waals surface area contributed by atoms with E-state index in [0.29, 0.717) is 0 Å². The molecule has 0 radical (unpaired) electrons. The van der Waals surface area contributed by atoms with Gasteiger partial charge in [-0.1, -0.05) is 19.9 Å². The van der Waals surface area contributed by atoms with E-state index in [9.17, 15) is 0 Å². The van der Waals surface area contributed by atoms with Gasteiger partial charge in [0.15, 0.2) is 0 Å². The van der Waals surface area contributed by atoms with Crippen molar-refractivity contribution in [2.75, 3.05) is 19.7 Å². The lowest BCUT2D eigenvalue weighted by Crippen LogP contribution is -2.31. The predicted octanol–water partition coefficient (Wildman–Crippen LogP) is 2.01. The van der Waals surface area contributed by atoms with E-state index in [4.69, 9.17) is 5.11 Å². The van der Waals surface area contributed by atoms with Gasteiger partial charge in [-0.05, 0) is 30.4 Å². The molecule has 96 valence electrons. The number of nitrogens with zero attached hydrogens (tertiary/aromatic N) is 1. The Morgan fingerprint density at radius 1 is 1.35 bits per heavy atom. The van der Waals surface area contributed by atoms with Crippen LogP contribution < -0.4 is 5.32 Å². The van der Waals surface area contributed by atoms with Gasteiger partial charge in [0.2, 0.25) is 0 Å². The maximum Gasteiger partial charge on any atom is 0.0431 e. The Bertz CT molecular complexity index is 298. The molecule has 0 unspecified atom stereocenters. The summed E-state index contributed by atoms with van der Waals surface area (Å²) in [5.41, 5.74) is 1.39. The van der Waals surface area contributed by atoms with Gasteiger partial charge in [0.25, 0.3) is 0 Å². The van der Waals surface area contributed by atoms with Gasteiger partial charge < -0.3 is 10.4 Å². The van der Waals surface area contributed by atoms with Crippen LogP contribution in [0.25, 0.3) is 0 Å². The van der Waals surface area contributed by atoms with Gasteiger partial charge in [-0.15, -0.1) is 0 Å². The first-order valence-corrected chi connectivity index (χ1v) is 6.35. The summed E-state index contributed by atoms with van der Waals surface area (Å²) in [4.78, 5) is 4.29. The molecule has 3 nitrogen and oxygen atoms in total. The molecule has 0 aliphatic heterocycles. The van der Waals surface area contributed by atoms with Gasteiger partial charge in [-0.3, -0.25) is 4.98 Å². The maximum absolute atomic E-state index is 8.82. The fraction of sp³-hybridized carbons (Fsp3) is 0.643. The second kappa shape index (κ2) is 7.41. The van der Waals surface area contributed by atoms with Gasteiger partial charge >= 0.3 is 0 Å². The molecule has 0 fully saturated rings. The van der Waals surface area contributed by atoms with Crippen molar-refractivity contribution in [3.05, 3.63) is 30.1 Å². The molecule has 2 N–H and O–H groups in total. The average molecular weight is 236 g/mol. The van der Waals surface area contributed by atoms with E-state index in [2.05, 4.69) is 30.2 Å². The Morgan fingerprint density at radius 3 is 2.82 bits per heavy atom. The smallest absolute Gasteiger partial charge is 0.0431 e. The topological polar surface area (TPSA) is 45.1 Å². The monoisotopic (exact) mass is 236 g/mol. The molecule has 1 aromatic heterocycles. The average Bonchev–Trinajstić information content (AvgIpc) is 2.34. The van der Waals surface area contributed by atoms with Crippen LogP contribution in [0.4, 0.5) is 0 Å². The SMILES string of the molecule is CC(C)(CCCO)CNCCc1ccccn1. The van der Waals surface area contributed by atoms with Crippen LogP contribution in [0.3, 0.4) is 0 Å². The summed E-state index contributed by atoms with van der Waals surface area (Å²) >= 11 is 0.